The van der Waals surface area contributed by atoms with Crippen molar-refractivity contribution in [3.8, 4) is 6.07 Å². The lowest BCUT2D eigenvalue weighted by atomic mass is 9.98. The van der Waals surface area contributed by atoms with Crippen molar-refractivity contribution in [2.45, 2.75) is 13.8 Å². The molecule has 0 radical (unpaired) electrons. The zero-order chi connectivity index (χ0) is 13.3. The van der Waals surface area contributed by atoms with E-state index in [9.17, 15) is 4.79 Å². The Hall–Kier alpha value is -2.16. The maximum Gasteiger partial charge on any atom is 0.226 e. The lowest BCUT2D eigenvalue weighted by Crippen LogP contribution is -2.29. The van der Waals surface area contributed by atoms with Crippen molar-refractivity contribution in [3.05, 3.63) is 17.5 Å². The molecule has 94 valence electrons. The van der Waals surface area contributed by atoms with E-state index in [1.165, 1.54) is 0 Å². The molecule has 0 unspecified atom stereocenters. The van der Waals surface area contributed by atoms with E-state index in [4.69, 9.17) is 11.0 Å². The maximum atomic E-state index is 11.3. The zero-order valence-electron chi connectivity index (χ0n) is 10.4. The number of rotatable bonds is 2. The zero-order valence-corrected chi connectivity index (χ0v) is 10.4. The van der Waals surface area contributed by atoms with Gasteiger partial charge in [-0.1, -0.05) is 6.92 Å². The molecule has 1 aromatic heterocycles. The van der Waals surface area contributed by atoms with Crippen LogP contribution in [0.5, 0.6) is 0 Å². The van der Waals surface area contributed by atoms with Crippen LogP contribution in [0.25, 0.3) is 0 Å². The van der Waals surface area contributed by atoms with E-state index in [1.54, 1.807) is 6.07 Å². The summed E-state index contributed by atoms with van der Waals surface area (Å²) in [5.41, 5.74) is 6.44. The molecular formula is C12H15N5O. The number of nitrogens with two attached hydrogens (primary N) is 1. The second-order valence-corrected chi connectivity index (χ2v) is 4.70. The fourth-order valence-corrected chi connectivity index (χ4v) is 2.25. The summed E-state index contributed by atoms with van der Waals surface area (Å²) in [6.45, 7) is 5.00. The molecule has 2 atom stereocenters. The minimum atomic E-state index is -0.293. The first kappa shape index (κ1) is 12.3. The van der Waals surface area contributed by atoms with Gasteiger partial charge < -0.3 is 10.6 Å². The second-order valence-electron chi connectivity index (χ2n) is 4.70. The molecule has 1 saturated heterocycles. The molecule has 0 aliphatic carbocycles. The fraction of sp³-hybridized carbons (Fsp3) is 0.500. The van der Waals surface area contributed by atoms with Crippen LogP contribution in [0.2, 0.25) is 0 Å². The number of hydrogen-bond acceptors (Lipinski definition) is 5. The quantitative estimate of drug-likeness (QED) is 0.803. The van der Waals surface area contributed by atoms with Crippen molar-refractivity contribution in [1.82, 2.24) is 9.97 Å². The van der Waals surface area contributed by atoms with Gasteiger partial charge in [0, 0.05) is 18.8 Å². The van der Waals surface area contributed by atoms with Crippen LogP contribution >= 0.6 is 0 Å². The van der Waals surface area contributed by atoms with Gasteiger partial charge in [0.25, 0.3) is 0 Å². The van der Waals surface area contributed by atoms with Gasteiger partial charge in [-0.05, 0) is 18.9 Å². The summed E-state index contributed by atoms with van der Waals surface area (Å²) in [6.07, 6.45) is 0. The average molecular weight is 245 g/mol. The summed E-state index contributed by atoms with van der Waals surface area (Å²) in [4.78, 5) is 21.7. The number of primary amides is 1. The number of anilines is 1. The summed E-state index contributed by atoms with van der Waals surface area (Å²) >= 11 is 0. The number of carbonyl (C=O) groups is 1. The van der Waals surface area contributed by atoms with Gasteiger partial charge in [0.1, 0.15) is 11.8 Å². The summed E-state index contributed by atoms with van der Waals surface area (Å²) in [5, 5.41) is 8.89. The van der Waals surface area contributed by atoms with Crippen molar-refractivity contribution in [1.29, 1.82) is 5.26 Å². The second kappa shape index (κ2) is 4.61. The Morgan fingerprint density at radius 3 is 2.83 bits per heavy atom. The molecule has 0 saturated carbocycles. The average Bonchev–Trinajstić information content (AvgIpc) is 2.70. The first-order valence-corrected chi connectivity index (χ1v) is 5.81. The molecule has 0 spiro atoms. The van der Waals surface area contributed by atoms with Crippen LogP contribution in [0.1, 0.15) is 18.3 Å². The van der Waals surface area contributed by atoms with Crippen LogP contribution in [0.15, 0.2) is 6.07 Å². The van der Waals surface area contributed by atoms with E-state index in [0.29, 0.717) is 24.7 Å². The van der Waals surface area contributed by atoms with E-state index >= 15 is 0 Å². The Morgan fingerprint density at radius 2 is 2.28 bits per heavy atom. The molecule has 2 heterocycles. The van der Waals surface area contributed by atoms with Gasteiger partial charge in [-0.2, -0.15) is 5.26 Å². The van der Waals surface area contributed by atoms with Gasteiger partial charge >= 0.3 is 0 Å². The van der Waals surface area contributed by atoms with Crippen LogP contribution in [-0.4, -0.2) is 29.0 Å². The number of aromatic nitrogens is 2. The van der Waals surface area contributed by atoms with Gasteiger partial charge in [-0.15, -0.1) is 0 Å². The Morgan fingerprint density at radius 1 is 1.56 bits per heavy atom. The van der Waals surface area contributed by atoms with Gasteiger partial charge in [-0.25, -0.2) is 9.97 Å². The van der Waals surface area contributed by atoms with Crippen molar-refractivity contribution in [3.63, 3.8) is 0 Å². The molecule has 6 nitrogen and oxygen atoms in total. The molecule has 1 amide bonds. The highest BCUT2D eigenvalue weighted by atomic mass is 16.1. The third kappa shape index (κ3) is 2.25. The predicted octanol–water partition coefficient (Wildman–Crippen LogP) is 0.214. The minimum Gasteiger partial charge on any atom is -0.369 e. The van der Waals surface area contributed by atoms with Gasteiger partial charge in [0.15, 0.2) is 0 Å². The topological polar surface area (TPSA) is 95.9 Å². The molecule has 18 heavy (non-hydrogen) atoms. The van der Waals surface area contributed by atoms with Gasteiger partial charge in [0.2, 0.25) is 11.9 Å². The van der Waals surface area contributed by atoms with Crippen LogP contribution < -0.4 is 10.6 Å². The van der Waals surface area contributed by atoms with Crippen LogP contribution in [-0.2, 0) is 4.79 Å². The van der Waals surface area contributed by atoms with Crippen molar-refractivity contribution in [2.24, 2.45) is 17.6 Å². The molecule has 1 aliphatic rings. The molecule has 6 heteroatoms. The summed E-state index contributed by atoms with van der Waals surface area (Å²) in [5.74, 6) is 0.206. The Labute approximate surface area is 105 Å². The fourth-order valence-electron chi connectivity index (χ4n) is 2.25. The number of amides is 1. The summed E-state index contributed by atoms with van der Waals surface area (Å²) in [6, 6.07) is 3.64. The van der Waals surface area contributed by atoms with E-state index < -0.39 is 0 Å². The van der Waals surface area contributed by atoms with Gasteiger partial charge in [-0.3, -0.25) is 4.79 Å². The SMILES string of the molecule is Cc1cc(C#N)nc(N2C[C@@H](C)[C@H](C(N)=O)C2)n1. The van der Waals surface area contributed by atoms with Crippen LogP contribution in [0, 0.1) is 30.1 Å². The molecule has 2 rings (SSSR count). The first-order valence-electron chi connectivity index (χ1n) is 5.81. The Bertz CT molecular complexity index is 522. The lowest BCUT2D eigenvalue weighted by molar-refractivity contribution is -0.122. The smallest absolute Gasteiger partial charge is 0.226 e. The van der Waals surface area contributed by atoms with E-state index in [1.807, 2.05) is 24.8 Å². The van der Waals surface area contributed by atoms with E-state index in [-0.39, 0.29) is 17.7 Å². The highest BCUT2D eigenvalue weighted by Crippen LogP contribution is 2.25. The molecule has 0 bridgehead atoms. The highest BCUT2D eigenvalue weighted by molar-refractivity contribution is 5.78. The summed E-state index contributed by atoms with van der Waals surface area (Å²) < 4.78 is 0. The van der Waals surface area contributed by atoms with Gasteiger partial charge in [0.05, 0.1) is 5.92 Å². The number of hydrogen-bond donors (Lipinski definition) is 1. The van der Waals surface area contributed by atoms with Crippen molar-refractivity contribution < 1.29 is 4.79 Å². The number of nitriles is 1. The number of aryl methyl sites for hydroxylation is 1. The highest BCUT2D eigenvalue weighted by Gasteiger charge is 2.34. The standard InChI is InChI=1S/C12H15N5O/c1-7-5-17(6-10(7)11(14)18)12-15-8(2)3-9(4-13)16-12/h3,7,10H,5-6H2,1-2H3,(H2,14,18)/t7-,10-/m1/s1. The largest absolute Gasteiger partial charge is 0.369 e. The molecule has 1 aromatic rings. The van der Waals surface area contributed by atoms with Crippen LogP contribution in [0.3, 0.4) is 0 Å². The monoisotopic (exact) mass is 245 g/mol. The van der Waals surface area contributed by atoms with Crippen LogP contribution in [0.4, 0.5) is 5.95 Å². The lowest BCUT2D eigenvalue weighted by Gasteiger charge is -2.16. The Balaban J connectivity index is 2.26. The summed E-state index contributed by atoms with van der Waals surface area (Å²) in [7, 11) is 0. The number of nitrogens with zero attached hydrogens (tertiary/aromatic N) is 4. The first-order chi connectivity index (χ1) is 8.51. The molecule has 2 N–H and O–H groups in total. The maximum absolute atomic E-state index is 11.3. The minimum absolute atomic E-state index is 0.178. The third-order valence-corrected chi connectivity index (χ3v) is 3.22. The Kier molecular flexibility index (Phi) is 3.15. The predicted molar refractivity (Wildman–Crippen MR) is 65.5 cm³/mol. The normalized spacial score (nSPS) is 22.8. The third-order valence-electron chi connectivity index (χ3n) is 3.22. The van der Waals surface area contributed by atoms with E-state index in [0.717, 1.165) is 5.69 Å². The molecule has 1 fully saturated rings. The number of carbonyl (C=O) groups excluding carboxylic acids is 1. The van der Waals surface area contributed by atoms with Crippen molar-refractivity contribution in [2.75, 3.05) is 18.0 Å². The molecule has 1 aliphatic heterocycles. The molecule has 0 aromatic carbocycles. The molecular weight excluding hydrogens is 230 g/mol. The van der Waals surface area contributed by atoms with Crippen molar-refractivity contribution >= 4 is 11.9 Å². The van der Waals surface area contributed by atoms with E-state index in [2.05, 4.69) is 9.97 Å².